The van der Waals surface area contributed by atoms with Gasteiger partial charge in [0.1, 0.15) is 11.4 Å². The van der Waals surface area contributed by atoms with Gasteiger partial charge in [-0.05, 0) is 54.4 Å². The smallest absolute Gasteiger partial charge is 0.252 e. The molecule has 0 aliphatic carbocycles. The van der Waals surface area contributed by atoms with Crippen molar-refractivity contribution in [2.24, 2.45) is 0 Å². The fraction of sp³-hybridized carbons (Fsp3) is 0.222. The highest BCUT2D eigenvalue weighted by atomic mass is 32.1. The predicted octanol–water partition coefficient (Wildman–Crippen LogP) is 3.38. The number of hydrogen-bond acceptors (Lipinski definition) is 4. The van der Waals surface area contributed by atoms with Gasteiger partial charge in [0.2, 0.25) is 0 Å². The van der Waals surface area contributed by atoms with Gasteiger partial charge in [-0.1, -0.05) is 0 Å². The molecule has 2 heterocycles. The Kier molecular flexibility index (Phi) is 4.34. The van der Waals surface area contributed by atoms with Gasteiger partial charge in [0.05, 0.1) is 17.6 Å². The van der Waals surface area contributed by atoms with Gasteiger partial charge in [0, 0.05) is 17.1 Å². The first-order valence-corrected chi connectivity index (χ1v) is 8.41. The number of hydrogen-bond donors (Lipinski definition) is 2. The van der Waals surface area contributed by atoms with E-state index in [0.29, 0.717) is 22.2 Å². The van der Waals surface area contributed by atoms with Gasteiger partial charge >= 0.3 is 0 Å². The molecule has 124 valence electrons. The first kappa shape index (κ1) is 16.5. The largest absolute Gasteiger partial charge is 0.384 e. The summed E-state index contributed by atoms with van der Waals surface area (Å²) in [7, 11) is 0. The molecule has 0 aliphatic rings. The summed E-state index contributed by atoms with van der Waals surface area (Å²) in [5.41, 5.74) is 1.08. The van der Waals surface area contributed by atoms with Crippen LogP contribution in [0.1, 0.15) is 28.5 Å². The normalized spacial score (nSPS) is 13.7. The van der Waals surface area contributed by atoms with Crippen molar-refractivity contribution in [3.63, 3.8) is 0 Å². The van der Waals surface area contributed by atoms with Crippen LogP contribution >= 0.6 is 11.3 Å². The molecule has 0 saturated heterocycles. The Balaban J connectivity index is 1.87. The monoisotopic (exact) mass is 344 g/mol. The average Bonchev–Trinajstić information content (AvgIpc) is 3.06. The third-order valence-electron chi connectivity index (χ3n) is 3.88. The summed E-state index contributed by atoms with van der Waals surface area (Å²) in [5, 5.41) is 17.6. The van der Waals surface area contributed by atoms with E-state index in [1.807, 2.05) is 16.8 Å². The number of pyridine rings is 1. The maximum atomic E-state index is 13.4. The SMILES string of the molecule is Cc1cc(C(=O)NCC(C)(O)c2ccsc2)c2ccc(F)cc2n1. The molecule has 1 atom stereocenters. The van der Waals surface area contributed by atoms with Crippen LogP contribution in [0.25, 0.3) is 10.9 Å². The molecular weight excluding hydrogens is 327 g/mol. The van der Waals surface area contributed by atoms with E-state index in [-0.39, 0.29) is 12.5 Å². The van der Waals surface area contributed by atoms with E-state index >= 15 is 0 Å². The third kappa shape index (κ3) is 3.29. The fourth-order valence-corrected chi connectivity index (χ4v) is 3.33. The molecule has 0 saturated carbocycles. The minimum absolute atomic E-state index is 0.0760. The molecule has 3 rings (SSSR count). The molecule has 4 nitrogen and oxygen atoms in total. The standard InChI is InChI=1S/C18H17FN2O2S/c1-11-7-15(14-4-3-13(19)8-16(14)21-11)17(22)20-10-18(2,23)12-5-6-24-9-12/h3-9,23H,10H2,1-2H3,(H,20,22). The van der Waals surface area contributed by atoms with Crippen LogP contribution in [-0.4, -0.2) is 22.5 Å². The average molecular weight is 344 g/mol. The van der Waals surface area contributed by atoms with Crippen molar-refractivity contribution in [2.45, 2.75) is 19.4 Å². The summed E-state index contributed by atoms with van der Waals surface area (Å²) in [6, 6.07) is 7.64. The van der Waals surface area contributed by atoms with Crippen LogP contribution in [-0.2, 0) is 5.60 Å². The lowest BCUT2D eigenvalue weighted by Gasteiger charge is -2.23. The number of amides is 1. The van der Waals surface area contributed by atoms with E-state index in [2.05, 4.69) is 10.3 Å². The fourth-order valence-electron chi connectivity index (χ4n) is 2.54. The van der Waals surface area contributed by atoms with Crippen molar-refractivity contribution in [1.82, 2.24) is 10.3 Å². The number of carbonyl (C=O) groups is 1. The molecule has 6 heteroatoms. The molecule has 0 spiro atoms. The maximum absolute atomic E-state index is 13.4. The molecule has 2 N–H and O–H groups in total. The second kappa shape index (κ2) is 6.30. The summed E-state index contributed by atoms with van der Waals surface area (Å²) in [4.78, 5) is 16.8. The van der Waals surface area contributed by atoms with E-state index in [0.717, 1.165) is 5.56 Å². The van der Waals surface area contributed by atoms with Crippen LogP contribution in [0.5, 0.6) is 0 Å². The highest BCUT2D eigenvalue weighted by Gasteiger charge is 2.25. The van der Waals surface area contributed by atoms with Crippen molar-refractivity contribution in [3.8, 4) is 0 Å². The molecule has 24 heavy (non-hydrogen) atoms. The van der Waals surface area contributed by atoms with Crippen LogP contribution in [0.4, 0.5) is 4.39 Å². The maximum Gasteiger partial charge on any atom is 0.252 e. The van der Waals surface area contributed by atoms with Gasteiger partial charge < -0.3 is 10.4 Å². The second-order valence-electron chi connectivity index (χ2n) is 5.94. The molecule has 0 bridgehead atoms. The van der Waals surface area contributed by atoms with Crippen molar-refractivity contribution >= 4 is 28.1 Å². The molecule has 0 radical (unpaired) electrons. The third-order valence-corrected chi connectivity index (χ3v) is 4.56. The summed E-state index contributed by atoms with van der Waals surface area (Å²) in [6.45, 7) is 3.48. The van der Waals surface area contributed by atoms with Gasteiger partial charge in [0.25, 0.3) is 5.91 Å². The number of aromatic nitrogens is 1. The van der Waals surface area contributed by atoms with E-state index < -0.39 is 11.4 Å². The van der Waals surface area contributed by atoms with E-state index in [1.165, 1.54) is 23.5 Å². The number of carbonyl (C=O) groups excluding carboxylic acids is 1. The number of fused-ring (bicyclic) bond motifs is 1. The van der Waals surface area contributed by atoms with Gasteiger partial charge in [-0.15, -0.1) is 0 Å². The molecule has 1 amide bonds. The molecule has 1 aromatic carbocycles. The lowest BCUT2D eigenvalue weighted by Crippen LogP contribution is -2.38. The number of aliphatic hydroxyl groups is 1. The topological polar surface area (TPSA) is 62.2 Å². The van der Waals surface area contributed by atoms with Crippen LogP contribution in [0.3, 0.4) is 0 Å². The van der Waals surface area contributed by atoms with Gasteiger partial charge in [-0.25, -0.2) is 4.39 Å². The predicted molar refractivity (Wildman–Crippen MR) is 92.7 cm³/mol. The number of benzene rings is 1. The van der Waals surface area contributed by atoms with Crippen LogP contribution in [0.15, 0.2) is 41.1 Å². The first-order valence-electron chi connectivity index (χ1n) is 7.47. The quantitative estimate of drug-likeness (QED) is 0.763. The zero-order valence-corrected chi connectivity index (χ0v) is 14.2. The summed E-state index contributed by atoms with van der Waals surface area (Å²) in [6.07, 6.45) is 0. The number of thiophene rings is 1. The first-order chi connectivity index (χ1) is 11.4. The van der Waals surface area contributed by atoms with Crippen molar-refractivity contribution in [1.29, 1.82) is 0 Å². The number of nitrogens with one attached hydrogen (secondary N) is 1. The number of rotatable bonds is 4. The molecule has 0 fully saturated rings. The van der Waals surface area contributed by atoms with E-state index in [4.69, 9.17) is 0 Å². The second-order valence-corrected chi connectivity index (χ2v) is 6.72. The molecule has 3 aromatic rings. The van der Waals surface area contributed by atoms with Crippen LogP contribution in [0, 0.1) is 12.7 Å². The minimum atomic E-state index is -1.15. The summed E-state index contributed by atoms with van der Waals surface area (Å²) in [5.74, 6) is -0.722. The lowest BCUT2D eigenvalue weighted by molar-refractivity contribution is 0.0530. The zero-order chi connectivity index (χ0) is 17.3. The van der Waals surface area contributed by atoms with E-state index in [9.17, 15) is 14.3 Å². The lowest BCUT2D eigenvalue weighted by atomic mass is 9.99. The Hall–Kier alpha value is -2.31. The molecular formula is C18H17FN2O2S. The summed E-state index contributed by atoms with van der Waals surface area (Å²) < 4.78 is 13.4. The number of halogens is 1. The zero-order valence-electron chi connectivity index (χ0n) is 13.3. The molecule has 1 unspecified atom stereocenters. The Morgan fingerprint density at radius 2 is 2.17 bits per heavy atom. The van der Waals surface area contributed by atoms with Crippen molar-refractivity contribution in [2.75, 3.05) is 6.54 Å². The van der Waals surface area contributed by atoms with Gasteiger partial charge in [-0.3, -0.25) is 9.78 Å². The van der Waals surface area contributed by atoms with Gasteiger partial charge in [-0.2, -0.15) is 11.3 Å². The Bertz CT molecular complexity index is 886. The molecule has 2 aromatic heterocycles. The number of aryl methyl sites for hydroxylation is 1. The van der Waals surface area contributed by atoms with Crippen LogP contribution in [0.2, 0.25) is 0 Å². The van der Waals surface area contributed by atoms with E-state index in [1.54, 1.807) is 26.0 Å². The van der Waals surface area contributed by atoms with Crippen molar-refractivity contribution < 1.29 is 14.3 Å². The Labute approximate surface area is 143 Å². The minimum Gasteiger partial charge on any atom is -0.384 e. The summed E-state index contributed by atoms with van der Waals surface area (Å²) >= 11 is 1.49. The Morgan fingerprint density at radius 1 is 1.38 bits per heavy atom. The molecule has 0 aliphatic heterocycles. The van der Waals surface area contributed by atoms with Crippen LogP contribution < -0.4 is 5.32 Å². The highest BCUT2D eigenvalue weighted by molar-refractivity contribution is 7.08. The Morgan fingerprint density at radius 3 is 2.88 bits per heavy atom. The highest BCUT2D eigenvalue weighted by Crippen LogP contribution is 2.23. The van der Waals surface area contributed by atoms with Gasteiger partial charge in [0.15, 0.2) is 0 Å². The number of nitrogens with zero attached hydrogens (tertiary/aromatic N) is 1. The van der Waals surface area contributed by atoms with Crippen molar-refractivity contribution in [3.05, 3.63) is 63.7 Å².